The fraction of sp³-hybridized carbons (Fsp3) is 0.100. The van der Waals surface area contributed by atoms with E-state index in [1.165, 1.54) is 12.5 Å². The predicted octanol–water partition coefficient (Wildman–Crippen LogP) is 3.05. The van der Waals surface area contributed by atoms with E-state index in [0.29, 0.717) is 10.2 Å². The molecule has 7 heteroatoms. The van der Waals surface area contributed by atoms with Crippen LogP contribution in [-0.2, 0) is 0 Å². The van der Waals surface area contributed by atoms with Gasteiger partial charge >= 0.3 is 6.01 Å². The SMILES string of the molecule is Cc1coc(NC(=O)c2cc(Br)cnc2Cl)n1. The lowest BCUT2D eigenvalue weighted by Gasteiger charge is -2.03. The van der Waals surface area contributed by atoms with Crippen LogP contribution in [0.15, 0.2) is 27.4 Å². The number of aryl methyl sites for hydroxylation is 1. The third kappa shape index (κ3) is 2.83. The molecule has 0 aliphatic rings. The van der Waals surface area contributed by atoms with Gasteiger partial charge in [0.05, 0.1) is 11.3 Å². The van der Waals surface area contributed by atoms with Crippen molar-refractivity contribution >= 4 is 39.5 Å². The van der Waals surface area contributed by atoms with Crippen molar-refractivity contribution < 1.29 is 9.21 Å². The van der Waals surface area contributed by atoms with Crippen molar-refractivity contribution in [3.8, 4) is 0 Å². The largest absolute Gasteiger partial charge is 0.432 e. The van der Waals surface area contributed by atoms with E-state index in [1.807, 2.05) is 0 Å². The Morgan fingerprint density at radius 2 is 2.35 bits per heavy atom. The highest BCUT2D eigenvalue weighted by Crippen LogP contribution is 2.19. The van der Waals surface area contributed by atoms with Gasteiger partial charge in [-0.2, -0.15) is 4.98 Å². The van der Waals surface area contributed by atoms with Crippen LogP contribution < -0.4 is 5.32 Å². The summed E-state index contributed by atoms with van der Waals surface area (Å²) in [5.41, 5.74) is 0.927. The first-order chi connectivity index (χ1) is 8.06. The summed E-state index contributed by atoms with van der Waals surface area (Å²) >= 11 is 9.03. The van der Waals surface area contributed by atoms with Gasteiger partial charge in [0.25, 0.3) is 5.91 Å². The monoisotopic (exact) mass is 315 g/mol. The van der Waals surface area contributed by atoms with E-state index in [9.17, 15) is 4.79 Å². The standard InChI is InChI=1S/C10H7BrClN3O2/c1-5-4-17-10(14-5)15-9(16)7-2-6(11)3-13-8(7)12/h2-4H,1H3,(H,14,15,16). The topological polar surface area (TPSA) is 68.0 Å². The van der Waals surface area contributed by atoms with Gasteiger partial charge in [0.15, 0.2) is 0 Å². The van der Waals surface area contributed by atoms with Crippen LogP contribution in [0.25, 0.3) is 0 Å². The molecule has 0 saturated carbocycles. The van der Waals surface area contributed by atoms with Crippen molar-refractivity contribution in [3.63, 3.8) is 0 Å². The molecule has 2 rings (SSSR count). The highest BCUT2D eigenvalue weighted by atomic mass is 79.9. The number of nitrogens with one attached hydrogen (secondary N) is 1. The summed E-state index contributed by atoms with van der Waals surface area (Å²) in [6, 6.07) is 1.70. The Labute approximate surface area is 110 Å². The molecular formula is C10H7BrClN3O2. The summed E-state index contributed by atoms with van der Waals surface area (Å²) in [6.45, 7) is 1.76. The van der Waals surface area contributed by atoms with Crippen molar-refractivity contribution in [2.45, 2.75) is 6.92 Å². The van der Waals surface area contributed by atoms with Gasteiger partial charge in [-0.15, -0.1) is 0 Å². The number of pyridine rings is 1. The molecule has 0 atom stereocenters. The zero-order valence-electron chi connectivity index (χ0n) is 8.70. The fourth-order valence-electron chi connectivity index (χ4n) is 1.16. The molecule has 2 aromatic heterocycles. The lowest BCUT2D eigenvalue weighted by molar-refractivity contribution is 0.102. The first-order valence-corrected chi connectivity index (χ1v) is 5.78. The molecule has 0 aliphatic carbocycles. The number of carbonyl (C=O) groups excluding carboxylic acids is 1. The van der Waals surface area contributed by atoms with E-state index in [4.69, 9.17) is 16.0 Å². The summed E-state index contributed by atoms with van der Waals surface area (Å²) < 4.78 is 5.67. The Bertz CT molecular complexity index is 570. The lowest BCUT2D eigenvalue weighted by Crippen LogP contribution is -2.13. The Balaban J connectivity index is 2.22. The van der Waals surface area contributed by atoms with Crippen molar-refractivity contribution in [1.29, 1.82) is 0 Å². The smallest absolute Gasteiger partial charge is 0.301 e. The molecular weight excluding hydrogens is 309 g/mol. The van der Waals surface area contributed by atoms with Crippen LogP contribution in [0.3, 0.4) is 0 Å². The molecule has 1 N–H and O–H groups in total. The van der Waals surface area contributed by atoms with E-state index < -0.39 is 5.91 Å². The van der Waals surface area contributed by atoms with Gasteiger partial charge in [-0.1, -0.05) is 11.6 Å². The number of oxazole rings is 1. The third-order valence-corrected chi connectivity index (χ3v) is 2.62. The number of amides is 1. The van der Waals surface area contributed by atoms with E-state index in [2.05, 4.69) is 31.2 Å². The number of carbonyl (C=O) groups is 1. The Morgan fingerprint density at radius 1 is 1.59 bits per heavy atom. The molecule has 88 valence electrons. The molecule has 17 heavy (non-hydrogen) atoms. The van der Waals surface area contributed by atoms with Crippen molar-refractivity contribution in [3.05, 3.63) is 39.4 Å². The minimum absolute atomic E-state index is 0.119. The number of halogens is 2. The summed E-state index contributed by atoms with van der Waals surface area (Å²) in [7, 11) is 0. The molecule has 0 spiro atoms. The van der Waals surface area contributed by atoms with E-state index in [1.54, 1.807) is 13.0 Å². The summed E-state index contributed by atoms with van der Waals surface area (Å²) in [5.74, 6) is -0.425. The van der Waals surface area contributed by atoms with Gasteiger partial charge in [-0.25, -0.2) is 4.98 Å². The van der Waals surface area contributed by atoms with E-state index >= 15 is 0 Å². The average molecular weight is 317 g/mol. The summed E-state index contributed by atoms with van der Waals surface area (Å²) in [5, 5.41) is 2.60. The Hall–Kier alpha value is -1.40. The molecule has 1 amide bonds. The summed E-state index contributed by atoms with van der Waals surface area (Å²) in [6.07, 6.45) is 2.95. The highest BCUT2D eigenvalue weighted by Gasteiger charge is 2.14. The van der Waals surface area contributed by atoms with Crippen molar-refractivity contribution in [2.24, 2.45) is 0 Å². The first-order valence-electron chi connectivity index (χ1n) is 4.61. The van der Waals surface area contributed by atoms with Crippen LogP contribution in [0, 0.1) is 6.92 Å². The molecule has 5 nitrogen and oxygen atoms in total. The number of aromatic nitrogens is 2. The minimum Gasteiger partial charge on any atom is -0.432 e. The van der Waals surface area contributed by atoms with Gasteiger partial charge in [0.2, 0.25) is 0 Å². The summed E-state index contributed by atoms with van der Waals surface area (Å²) in [4.78, 5) is 19.6. The second-order valence-corrected chi connectivity index (χ2v) is 4.51. The minimum atomic E-state index is -0.425. The normalized spacial score (nSPS) is 10.3. The highest BCUT2D eigenvalue weighted by molar-refractivity contribution is 9.10. The molecule has 0 unspecified atom stereocenters. The molecule has 0 bridgehead atoms. The van der Waals surface area contributed by atoms with Crippen LogP contribution in [0.1, 0.15) is 16.1 Å². The van der Waals surface area contributed by atoms with E-state index in [-0.39, 0.29) is 16.7 Å². The van der Waals surface area contributed by atoms with Gasteiger partial charge in [0.1, 0.15) is 11.4 Å². The maximum atomic E-state index is 11.8. The Morgan fingerprint density at radius 3 is 3.00 bits per heavy atom. The quantitative estimate of drug-likeness (QED) is 0.865. The maximum absolute atomic E-state index is 11.8. The molecule has 0 fully saturated rings. The Kier molecular flexibility index (Phi) is 3.44. The lowest BCUT2D eigenvalue weighted by atomic mass is 10.3. The van der Waals surface area contributed by atoms with E-state index in [0.717, 1.165) is 0 Å². The van der Waals surface area contributed by atoms with Crippen molar-refractivity contribution in [1.82, 2.24) is 9.97 Å². The van der Waals surface area contributed by atoms with Crippen LogP contribution in [0.5, 0.6) is 0 Å². The van der Waals surface area contributed by atoms with Crippen LogP contribution >= 0.6 is 27.5 Å². The second kappa shape index (κ2) is 4.85. The molecule has 2 heterocycles. The second-order valence-electron chi connectivity index (χ2n) is 3.24. The molecule has 0 aliphatic heterocycles. The van der Waals surface area contributed by atoms with Crippen molar-refractivity contribution in [2.75, 3.05) is 5.32 Å². The maximum Gasteiger partial charge on any atom is 0.301 e. The van der Waals surface area contributed by atoms with Gasteiger partial charge in [-0.3, -0.25) is 10.1 Å². The molecule has 0 radical (unpaired) electrons. The zero-order valence-corrected chi connectivity index (χ0v) is 11.0. The van der Waals surface area contributed by atoms with Gasteiger partial charge < -0.3 is 4.42 Å². The number of rotatable bonds is 2. The fourth-order valence-corrected chi connectivity index (χ4v) is 1.68. The number of anilines is 1. The molecule has 0 aromatic carbocycles. The number of hydrogen-bond donors (Lipinski definition) is 1. The van der Waals surface area contributed by atoms with Gasteiger partial charge in [-0.05, 0) is 28.9 Å². The third-order valence-electron chi connectivity index (χ3n) is 1.89. The van der Waals surface area contributed by atoms with Crippen LogP contribution in [0.2, 0.25) is 5.15 Å². The number of nitrogens with zero attached hydrogens (tertiary/aromatic N) is 2. The van der Waals surface area contributed by atoms with Gasteiger partial charge in [0, 0.05) is 10.7 Å². The van der Waals surface area contributed by atoms with Crippen LogP contribution in [-0.4, -0.2) is 15.9 Å². The first kappa shape index (κ1) is 12.1. The zero-order chi connectivity index (χ0) is 12.4. The predicted molar refractivity (Wildman–Crippen MR) is 66.1 cm³/mol. The average Bonchev–Trinajstić information content (AvgIpc) is 2.67. The van der Waals surface area contributed by atoms with Crippen LogP contribution in [0.4, 0.5) is 6.01 Å². The molecule has 0 saturated heterocycles. The number of hydrogen-bond acceptors (Lipinski definition) is 4. The molecule has 2 aromatic rings.